The molecule has 1 saturated heterocycles. The van der Waals surface area contributed by atoms with Crippen LogP contribution in [0.25, 0.3) is 5.57 Å². The van der Waals surface area contributed by atoms with Crippen molar-refractivity contribution >= 4 is 40.4 Å². The van der Waals surface area contributed by atoms with Crippen molar-refractivity contribution in [2.75, 3.05) is 25.2 Å². The first-order valence-corrected chi connectivity index (χ1v) is 20.9. The van der Waals surface area contributed by atoms with Gasteiger partial charge in [0.25, 0.3) is 11.0 Å². The lowest BCUT2D eigenvalue weighted by Crippen LogP contribution is -2.62. The van der Waals surface area contributed by atoms with Crippen molar-refractivity contribution in [3.05, 3.63) is 133 Å². The average Bonchev–Trinajstić information content (AvgIpc) is 4.06. The molecule has 3 heterocycles. The Kier molecular flexibility index (Phi) is 12.9. The van der Waals surface area contributed by atoms with Crippen LogP contribution in [0.3, 0.4) is 0 Å². The third kappa shape index (κ3) is 9.55. The molecule has 3 atom stereocenters. The number of carbonyl (C=O) groups excluding carboxylic acids is 2. The van der Waals surface area contributed by atoms with Crippen LogP contribution in [0, 0.1) is 28.7 Å². The van der Waals surface area contributed by atoms with Gasteiger partial charge in [0.2, 0.25) is 5.88 Å². The standard InChI is InChI=1S/C42H41ClF2N4O9S/c1-25-29(16-17-46-40(25)55-2)21-47(30-12-13-30)41(50)37-33(28-10-8-26(9-11-28)6-4-18-56-39-35(45)15-14-34(44)38(39)43)20-31-23-59(54)24-36(37)48(31)42(51)58-32-7-3-5-27(19-32)22-57-49(52)53/h3,5,7-11,14-17,19,30-31,36H,4,6,12-13,18,20-24H2,1-2H3. The second-order valence-corrected chi connectivity index (χ2v) is 16.5. The van der Waals surface area contributed by atoms with E-state index in [1.54, 1.807) is 24.4 Å². The topological polar surface area (TPSA) is 157 Å². The highest BCUT2D eigenvalue weighted by atomic mass is 35.5. The number of hydrogen-bond donors (Lipinski definition) is 0. The second-order valence-electron chi connectivity index (χ2n) is 14.5. The minimum Gasteiger partial charge on any atom is -0.616 e. The maximum atomic E-state index is 15.2. The molecule has 310 valence electrons. The molecule has 59 heavy (non-hydrogen) atoms. The highest BCUT2D eigenvalue weighted by molar-refractivity contribution is 7.91. The van der Waals surface area contributed by atoms with E-state index in [4.69, 9.17) is 25.8 Å². The molecular weight excluding hydrogens is 810 g/mol. The molecule has 0 N–H and O–H groups in total. The number of benzene rings is 3. The van der Waals surface area contributed by atoms with Gasteiger partial charge >= 0.3 is 6.09 Å². The summed E-state index contributed by atoms with van der Waals surface area (Å²) in [7, 11) is 1.54. The molecule has 0 radical (unpaired) electrons. The van der Waals surface area contributed by atoms with Crippen LogP contribution < -0.4 is 14.2 Å². The summed E-state index contributed by atoms with van der Waals surface area (Å²) in [5.41, 5.74) is 4.87. The molecule has 4 aromatic rings. The Balaban J connectivity index is 1.19. The molecule has 2 amide bonds. The lowest BCUT2D eigenvalue weighted by atomic mass is 9.84. The third-order valence-corrected chi connectivity index (χ3v) is 12.4. The van der Waals surface area contributed by atoms with Gasteiger partial charge in [-0.3, -0.25) is 9.69 Å². The van der Waals surface area contributed by atoms with Gasteiger partial charge < -0.3 is 28.5 Å². The van der Waals surface area contributed by atoms with Crippen molar-refractivity contribution in [2.45, 2.75) is 70.3 Å². The first kappa shape index (κ1) is 41.7. The van der Waals surface area contributed by atoms with Crippen molar-refractivity contribution in [2.24, 2.45) is 0 Å². The van der Waals surface area contributed by atoms with Gasteiger partial charge in [0.1, 0.15) is 40.7 Å². The van der Waals surface area contributed by atoms with E-state index in [2.05, 4.69) is 9.82 Å². The maximum absolute atomic E-state index is 15.2. The van der Waals surface area contributed by atoms with E-state index < -0.39 is 51.1 Å². The summed E-state index contributed by atoms with van der Waals surface area (Å²) in [6.07, 6.45) is 3.75. The van der Waals surface area contributed by atoms with Gasteiger partial charge in [0, 0.05) is 29.9 Å². The minimum absolute atomic E-state index is 0.0154. The number of aryl methyl sites for hydroxylation is 1. The number of amides is 2. The Labute approximate surface area is 347 Å². The number of pyridine rings is 1. The zero-order valence-electron chi connectivity index (χ0n) is 32.2. The van der Waals surface area contributed by atoms with Crippen LogP contribution in [-0.4, -0.2) is 79.8 Å². The Morgan fingerprint density at radius 2 is 1.81 bits per heavy atom. The number of carbonyl (C=O) groups is 2. The SMILES string of the molecule is COc1nccc(CN(C(=O)C2=C(c3ccc(CCCOc4c(F)ccc(F)c4Cl)cc3)CC3C[S+]([O-])CC2N3C(=O)Oc2cccc(CO[N+](=O)[O-])c2)C2CC2)c1C. The normalized spacial score (nSPS) is 18.6. The second kappa shape index (κ2) is 18.2. The summed E-state index contributed by atoms with van der Waals surface area (Å²) in [6, 6.07) is 16.1. The molecular formula is C42H41ClF2N4O9S. The van der Waals surface area contributed by atoms with E-state index in [0.29, 0.717) is 29.9 Å². The zero-order chi connectivity index (χ0) is 41.8. The molecule has 1 aromatic heterocycles. The molecule has 2 bridgehead atoms. The molecule has 1 saturated carbocycles. The predicted molar refractivity (Wildman–Crippen MR) is 214 cm³/mol. The van der Waals surface area contributed by atoms with Gasteiger partial charge in [-0.05, 0) is 108 Å². The van der Waals surface area contributed by atoms with E-state index in [-0.39, 0.29) is 61.1 Å². The largest absolute Gasteiger partial charge is 0.616 e. The maximum Gasteiger partial charge on any atom is 0.416 e. The molecule has 13 nitrogen and oxygen atoms in total. The Hall–Kier alpha value is -5.45. The van der Waals surface area contributed by atoms with Crippen LogP contribution in [0.5, 0.6) is 17.4 Å². The quantitative estimate of drug-likeness (QED) is 0.0388. The van der Waals surface area contributed by atoms with Gasteiger partial charge in [0.05, 0.1) is 19.8 Å². The molecule has 7 rings (SSSR count). The molecule has 0 spiro atoms. The van der Waals surface area contributed by atoms with E-state index in [9.17, 15) is 28.2 Å². The van der Waals surface area contributed by atoms with Crippen LogP contribution in [0.4, 0.5) is 13.6 Å². The van der Waals surface area contributed by atoms with Gasteiger partial charge in [-0.15, -0.1) is 10.1 Å². The summed E-state index contributed by atoms with van der Waals surface area (Å²) < 4.78 is 58.3. The summed E-state index contributed by atoms with van der Waals surface area (Å²) in [6.45, 7) is 1.90. The van der Waals surface area contributed by atoms with Gasteiger partial charge in [-0.25, -0.2) is 18.6 Å². The monoisotopic (exact) mass is 850 g/mol. The van der Waals surface area contributed by atoms with Crippen LogP contribution in [0.15, 0.2) is 78.5 Å². The zero-order valence-corrected chi connectivity index (χ0v) is 33.8. The fourth-order valence-electron chi connectivity index (χ4n) is 7.59. The summed E-state index contributed by atoms with van der Waals surface area (Å²) in [5, 5.41) is 9.45. The molecule has 3 aromatic carbocycles. The molecule has 2 aliphatic heterocycles. The van der Waals surface area contributed by atoms with Crippen molar-refractivity contribution < 1.29 is 47.1 Å². The molecule has 3 aliphatic rings. The minimum atomic E-state index is -1.36. The van der Waals surface area contributed by atoms with Crippen LogP contribution in [-0.2, 0) is 40.4 Å². The van der Waals surface area contributed by atoms with E-state index in [1.807, 2.05) is 42.2 Å². The number of rotatable bonds is 15. The lowest BCUT2D eigenvalue weighted by molar-refractivity contribution is -0.763. The van der Waals surface area contributed by atoms with Crippen molar-refractivity contribution in [1.29, 1.82) is 0 Å². The molecule has 3 unspecified atom stereocenters. The number of nitrogens with zero attached hydrogens (tertiary/aromatic N) is 4. The summed E-state index contributed by atoms with van der Waals surface area (Å²) in [4.78, 5) is 52.2. The number of aromatic nitrogens is 1. The summed E-state index contributed by atoms with van der Waals surface area (Å²) in [5.74, 6) is -1.36. The molecule has 2 fully saturated rings. The van der Waals surface area contributed by atoms with Crippen LogP contribution in [0.2, 0.25) is 5.02 Å². The van der Waals surface area contributed by atoms with E-state index in [1.165, 1.54) is 18.1 Å². The van der Waals surface area contributed by atoms with Crippen molar-refractivity contribution in [1.82, 2.24) is 14.8 Å². The van der Waals surface area contributed by atoms with Crippen molar-refractivity contribution in [3.63, 3.8) is 0 Å². The fourth-order valence-corrected chi connectivity index (χ4v) is 9.32. The lowest BCUT2D eigenvalue weighted by Gasteiger charge is -2.47. The number of fused-ring (bicyclic) bond motifs is 2. The first-order chi connectivity index (χ1) is 28.4. The van der Waals surface area contributed by atoms with Gasteiger partial charge in [-0.1, -0.05) is 48.0 Å². The number of halogens is 3. The Morgan fingerprint density at radius 3 is 2.54 bits per heavy atom. The molecule has 1 aliphatic carbocycles. The van der Waals surface area contributed by atoms with Crippen LogP contribution >= 0.6 is 11.6 Å². The third-order valence-electron chi connectivity index (χ3n) is 10.6. The molecule has 17 heteroatoms. The number of hydrogen-bond acceptors (Lipinski definition) is 10. The average molecular weight is 851 g/mol. The van der Waals surface area contributed by atoms with Crippen LogP contribution in [0.1, 0.15) is 53.5 Å². The first-order valence-electron chi connectivity index (χ1n) is 19.0. The van der Waals surface area contributed by atoms with Gasteiger partial charge in [-0.2, -0.15) is 0 Å². The smallest absolute Gasteiger partial charge is 0.416 e. The van der Waals surface area contributed by atoms with E-state index >= 15 is 4.79 Å². The Morgan fingerprint density at radius 1 is 1.05 bits per heavy atom. The predicted octanol–water partition coefficient (Wildman–Crippen LogP) is 7.40. The number of methoxy groups -OCH3 is 1. The highest BCUT2D eigenvalue weighted by Crippen LogP contribution is 2.42. The van der Waals surface area contributed by atoms with E-state index in [0.717, 1.165) is 52.8 Å². The van der Waals surface area contributed by atoms with Gasteiger partial charge in [0.15, 0.2) is 11.6 Å². The highest BCUT2D eigenvalue weighted by Gasteiger charge is 2.51. The fraction of sp³-hybridized carbons (Fsp3) is 0.357. The summed E-state index contributed by atoms with van der Waals surface area (Å²) >= 11 is 4.55. The number of ether oxygens (including phenoxy) is 3. The van der Waals surface area contributed by atoms with Crippen molar-refractivity contribution in [3.8, 4) is 17.4 Å². The Bertz CT molecular complexity index is 2260.